The molecule has 2 fully saturated rings. The minimum Gasteiger partial charge on any atom is -0.0726 e. The van der Waals surface area contributed by atoms with Crippen molar-refractivity contribution in [1.82, 2.24) is 0 Å². The predicted molar refractivity (Wildman–Crippen MR) is 145 cm³/mol. The predicted octanol–water partition coefficient (Wildman–Crippen LogP) is 9.00. The van der Waals surface area contributed by atoms with Crippen LogP contribution in [0.15, 0.2) is 90.1 Å². The fourth-order valence-corrected chi connectivity index (χ4v) is 6.82. The van der Waals surface area contributed by atoms with Gasteiger partial charge in [0.15, 0.2) is 0 Å². The standard InChI is InChI=1S/C34H38/c1-2-24-6-3-9-30(22-24)33-21-20-31(32-10-5-11-34(32)33)23-25-12-14-27(15-13-25)29-18-16-28(17-19-29)26-7-4-8-26/h3,5-6,9-15,20-22,26,28-29,34H,2,4,7-8,16-19,23H2,1H3. The van der Waals surface area contributed by atoms with Crippen LogP contribution in [0.25, 0.3) is 5.57 Å². The van der Waals surface area contributed by atoms with Crippen LogP contribution in [-0.2, 0) is 12.8 Å². The van der Waals surface area contributed by atoms with E-state index in [4.69, 9.17) is 0 Å². The van der Waals surface area contributed by atoms with E-state index in [1.54, 1.807) is 5.56 Å². The smallest absolute Gasteiger partial charge is 0.0281 e. The zero-order valence-corrected chi connectivity index (χ0v) is 20.7. The monoisotopic (exact) mass is 446 g/mol. The van der Waals surface area contributed by atoms with Crippen molar-refractivity contribution in [2.75, 3.05) is 0 Å². The average molecular weight is 447 g/mol. The van der Waals surface area contributed by atoms with E-state index < -0.39 is 0 Å². The quantitative estimate of drug-likeness (QED) is 0.415. The lowest BCUT2D eigenvalue weighted by atomic mass is 9.67. The molecule has 2 aromatic carbocycles. The van der Waals surface area contributed by atoms with Crippen LogP contribution in [0.3, 0.4) is 0 Å². The molecule has 0 spiro atoms. The fraction of sp³-hybridized carbons (Fsp3) is 0.412. The lowest BCUT2D eigenvalue weighted by molar-refractivity contribution is 0.154. The zero-order valence-electron chi connectivity index (χ0n) is 20.7. The third-order valence-corrected chi connectivity index (χ3v) is 9.19. The summed E-state index contributed by atoms with van der Waals surface area (Å²) in [5.41, 5.74) is 10.2. The Labute approximate surface area is 206 Å². The molecular weight excluding hydrogens is 408 g/mol. The summed E-state index contributed by atoms with van der Waals surface area (Å²) in [6, 6.07) is 18.7. The molecule has 0 saturated heterocycles. The molecule has 0 amide bonds. The van der Waals surface area contributed by atoms with E-state index in [1.807, 2.05) is 0 Å². The summed E-state index contributed by atoms with van der Waals surface area (Å²) < 4.78 is 0. The van der Waals surface area contributed by atoms with Crippen LogP contribution < -0.4 is 0 Å². The van der Waals surface area contributed by atoms with E-state index in [0.717, 1.165) is 30.6 Å². The number of rotatable bonds is 6. The van der Waals surface area contributed by atoms with Gasteiger partial charge in [0.1, 0.15) is 0 Å². The number of allylic oxidation sites excluding steroid dienone is 8. The summed E-state index contributed by atoms with van der Waals surface area (Å²) in [7, 11) is 0. The lowest BCUT2D eigenvalue weighted by Crippen LogP contribution is -2.25. The topological polar surface area (TPSA) is 0 Å². The summed E-state index contributed by atoms with van der Waals surface area (Å²) in [6.07, 6.45) is 24.0. The SMILES string of the molecule is CCc1cccc(C2=CC=C(Cc3ccc(C4CCC(C5CCC5)CC4)cc3)C3=CC=CC32)c1. The summed E-state index contributed by atoms with van der Waals surface area (Å²) in [6.45, 7) is 2.23. The first-order chi connectivity index (χ1) is 16.8. The van der Waals surface area contributed by atoms with Crippen LogP contribution in [0, 0.1) is 17.8 Å². The van der Waals surface area contributed by atoms with Gasteiger partial charge in [0.05, 0.1) is 0 Å². The summed E-state index contributed by atoms with van der Waals surface area (Å²) in [4.78, 5) is 0. The third-order valence-electron chi connectivity index (χ3n) is 9.19. The maximum Gasteiger partial charge on any atom is 0.0281 e. The highest BCUT2D eigenvalue weighted by atomic mass is 14.4. The van der Waals surface area contributed by atoms with Gasteiger partial charge in [0.2, 0.25) is 0 Å². The molecule has 34 heavy (non-hydrogen) atoms. The first kappa shape index (κ1) is 21.9. The van der Waals surface area contributed by atoms with Crippen LogP contribution in [0.2, 0.25) is 0 Å². The maximum atomic E-state index is 2.43. The highest BCUT2D eigenvalue weighted by molar-refractivity contribution is 5.78. The molecule has 2 aromatic rings. The van der Waals surface area contributed by atoms with Crippen molar-refractivity contribution in [1.29, 1.82) is 0 Å². The van der Waals surface area contributed by atoms with Gasteiger partial charge in [-0.1, -0.05) is 105 Å². The van der Waals surface area contributed by atoms with Crippen molar-refractivity contribution >= 4 is 5.57 Å². The Morgan fingerprint density at radius 2 is 1.53 bits per heavy atom. The van der Waals surface area contributed by atoms with E-state index >= 15 is 0 Å². The van der Waals surface area contributed by atoms with Gasteiger partial charge < -0.3 is 0 Å². The molecular formula is C34H38. The molecule has 174 valence electrons. The lowest BCUT2D eigenvalue weighted by Gasteiger charge is -2.38. The summed E-state index contributed by atoms with van der Waals surface area (Å²) in [5, 5.41) is 0. The average Bonchev–Trinajstić information content (AvgIpc) is 3.35. The number of benzene rings is 2. The van der Waals surface area contributed by atoms with Gasteiger partial charge in [-0.15, -0.1) is 0 Å². The van der Waals surface area contributed by atoms with Crippen molar-refractivity contribution in [3.63, 3.8) is 0 Å². The van der Waals surface area contributed by atoms with Gasteiger partial charge in [0, 0.05) is 5.92 Å². The maximum absolute atomic E-state index is 2.43. The second kappa shape index (κ2) is 9.57. The molecule has 4 aliphatic rings. The van der Waals surface area contributed by atoms with E-state index in [2.05, 4.69) is 85.8 Å². The third kappa shape index (κ3) is 4.28. The molecule has 2 saturated carbocycles. The van der Waals surface area contributed by atoms with Gasteiger partial charge in [-0.25, -0.2) is 0 Å². The number of aryl methyl sites for hydroxylation is 1. The van der Waals surface area contributed by atoms with Crippen molar-refractivity contribution in [3.05, 3.63) is 112 Å². The van der Waals surface area contributed by atoms with Crippen LogP contribution in [0.1, 0.15) is 80.0 Å². The van der Waals surface area contributed by atoms with Gasteiger partial charge in [0.25, 0.3) is 0 Å². The molecule has 0 bridgehead atoms. The van der Waals surface area contributed by atoms with Crippen LogP contribution in [-0.4, -0.2) is 0 Å². The van der Waals surface area contributed by atoms with E-state index in [0.29, 0.717) is 5.92 Å². The van der Waals surface area contributed by atoms with Gasteiger partial charge in [-0.3, -0.25) is 0 Å². The molecule has 1 unspecified atom stereocenters. The fourth-order valence-electron chi connectivity index (χ4n) is 6.82. The van der Waals surface area contributed by atoms with Crippen LogP contribution >= 0.6 is 0 Å². The van der Waals surface area contributed by atoms with Gasteiger partial charge in [-0.2, -0.15) is 0 Å². The first-order valence-electron chi connectivity index (χ1n) is 13.8. The Bertz CT molecular complexity index is 1140. The van der Waals surface area contributed by atoms with Crippen LogP contribution in [0.4, 0.5) is 0 Å². The summed E-state index contributed by atoms with van der Waals surface area (Å²) >= 11 is 0. The second-order valence-electron chi connectivity index (χ2n) is 11.1. The Morgan fingerprint density at radius 3 is 2.26 bits per heavy atom. The molecule has 0 heterocycles. The van der Waals surface area contributed by atoms with Crippen LogP contribution in [0.5, 0.6) is 0 Å². The van der Waals surface area contributed by atoms with E-state index in [1.165, 1.54) is 78.4 Å². The van der Waals surface area contributed by atoms with Gasteiger partial charge >= 0.3 is 0 Å². The highest BCUT2D eigenvalue weighted by Gasteiger charge is 2.31. The molecule has 6 rings (SSSR count). The number of hydrogen-bond acceptors (Lipinski definition) is 0. The highest BCUT2D eigenvalue weighted by Crippen LogP contribution is 2.45. The van der Waals surface area contributed by atoms with Gasteiger partial charge in [-0.05, 0) is 95.3 Å². The normalized spacial score (nSPS) is 26.4. The minimum atomic E-state index is 0.400. The molecule has 0 aromatic heterocycles. The van der Waals surface area contributed by atoms with Crippen molar-refractivity contribution in [3.8, 4) is 0 Å². The largest absolute Gasteiger partial charge is 0.0726 e. The molecule has 0 nitrogen and oxygen atoms in total. The second-order valence-corrected chi connectivity index (χ2v) is 11.1. The molecule has 0 aliphatic heterocycles. The Hall–Kier alpha value is -2.60. The molecule has 1 atom stereocenters. The Balaban J connectivity index is 1.15. The molecule has 0 radical (unpaired) electrons. The van der Waals surface area contributed by atoms with Crippen molar-refractivity contribution in [2.24, 2.45) is 17.8 Å². The Kier molecular flexibility index (Phi) is 6.16. The summed E-state index contributed by atoms with van der Waals surface area (Å²) in [5.74, 6) is 3.29. The zero-order chi connectivity index (χ0) is 22.9. The minimum absolute atomic E-state index is 0.400. The number of fused-ring (bicyclic) bond motifs is 1. The molecule has 4 aliphatic carbocycles. The van der Waals surface area contributed by atoms with E-state index in [9.17, 15) is 0 Å². The van der Waals surface area contributed by atoms with Crippen molar-refractivity contribution < 1.29 is 0 Å². The first-order valence-corrected chi connectivity index (χ1v) is 13.8. The Morgan fingerprint density at radius 1 is 0.735 bits per heavy atom. The number of hydrogen-bond donors (Lipinski definition) is 0. The molecule has 0 N–H and O–H groups in total. The molecule has 0 heteroatoms. The van der Waals surface area contributed by atoms with E-state index in [-0.39, 0.29) is 0 Å². The van der Waals surface area contributed by atoms with Crippen molar-refractivity contribution in [2.45, 2.75) is 70.6 Å².